The molecular weight excluding hydrogens is 264 g/mol. The zero-order chi connectivity index (χ0) is 14.5. The van der Waals surface area contributed by atoms with Gasteiger partial charge in [0.1, 0.15) is 6.07 Å². The summed E-state index contributed by atoms with van der Waals surface area (Å²) in [5, 5.41) is 12.8. The van der Waals surface area contributed by atoms with Gasteiger partial charge in [-0.25, -0.2) is 0 Å². The van der Waals surface area contributed by atoms with Gasteiger partial charge in [0.15, 0.2) is 0 Å². The third-order valence-corrected chi connectivity index (χ3v) is 4.16. The third-order valence-electron chi connectivity index (χ3n) is 3.38. The fourth-order valence-corrected chi connectivity index (χ4v) is 2.89. The largest absolute Gasteiger partial charge is 0.377 e. The van der Waals surface area contributed by atoms with Crippen LogP contribution in [0.3, 0.4) is 0 Å². The van der Waals surface area contributed by atoms with Crippen LogP contribution in [0.25, 0.3) is 0 Å². The van der Waals surface area contributed by atoms with Gasteiger partial charge < -0.3 is 5.32 Å². The quantitative estimate of drug-likeness (QED) is 0.821. The molecular formula is C17H18N2S. The normalized spacial score (nSPS) is 11.7. The van der Waals surface area contributed by atoms with Gasteiger partial charge in [-0.05, 0) is 43.4 Å². The van der Waals surface area contributed by atoms with E-state index in [1.54, 1.807) is 11.8 Å². The molecule has 0 saturated heterocycles. The molecule has 0 aliphatic carbocycles. The molecule has 0 aliphatic heterocycles. The Labute approximate surface area is 124 Å². The molecule has 2 rings (SSSR count). The van der Waals surface area contributed by atoms with Crippen LogP contribution in [0.2, 0.25) is 0 Å². The van der Waals surface area contributed by atoms with Crippen molar-refractivity contribution in [3.63, 3.8) is 0 Å². The molecule has 0 amide bonds. The van der Waals surface area contributed by atoms with Crippen molar-refractivity contribution in [1.82, 2.24) is 0 Å². The molecule has 0 aromatic heterocycles. The molecule has 0 heterocycles. The van der Waals surface area contributed by atoms with Crippen LogP contribution in [0.4, 0.5) is 5.69 Å². The number of aryl methyl sites for hydroxylation is 1. The number of rotatable bonds is 4. The Kier molecular flexibility index (Phi) is 4.70. The first kappa shape index (κ1) is 14.5. The molecule has 1 N–H and O–H groups in total. The van der Waals surface area contributed by atoms with Gasteiger partial charge in [-0.15, -0.1) is 11.8 Å². The van der Waals surface area contributed by atoms with Crippen molar-refractivity contribution in [1.29, 1.82) is 5.26 Å². The number of benzene rings is 2. The average Bonchev–Trinajstić information content (AvgIpc) is 2.47. The number of nitrogens with zero attached hydrogens (tertiary/aromatic N) is 1. The minimum absolute atomic E-state index is 0.167. The fraction of sp³-hybridized carbons (Fsp3) is 0.235. The van der Waals surface area contributed by atoms with E-state index in [0.717, 1.165) is 16.1 Å². The summed E-state index contributed by atoms with van der Waals surface area (Å²) in [5.41, 5.74) is 4.13. The van der Waals surface area contributed by atoms with Crippen molar-refractivity contribution in [2.24, 2.45) is 0 Å². The molecule has 0 radical (unpaired) electrons. The van der Waals surface area contributed by atoms with Crippen molar-refractivity contribution in [2.45, 2.75) is 24.8 Å². The minimum Gasteiger partial charge on any atom is -0.377 e. The summed E-state index contributed by atoms with van der Waals surface area (Å²) in [6, 6.07) is 16.7. The molecule has 1 atom stereocenters. The van der Waals surface area contributed by atoms with Crippen molar-refractivity contribution in [3.8, 4) is 6.07 Å². The van der Waals surface area contributed by atoms with E-state index in [2.05, 4.69) is 37.4 Å². The van der Waals surface area contributed by atoms with Gasteiger partial charge in [-0.3, -0.25) is 0 Å². The smallest absolute Gasteiger partial charge is 0.102 e. The SMILES string of the molecule is CSc1cccc(NC(C)c2ccccc2C)c1C#N. The summed E-state index contributed by atoms with van der Waals surface area (Å²) in [6.45, 7) is 4.23. The van der Waals surface area contributed by atoms with Gasteiger partial charge in [0.05, 0.1) is 11.3 Å². The monoisotopic (exact) mass is 282 g/mol. The number of anilines is 1. The maximum atomic E-state index is 9.37. The van der Waals surface area contributed by atoms with Crippen LogP contribution in [0.15, 0.2) is 47.4 Å². The first-order valence-corrected chi connectivity index (χ1v) is 7.79. The molecule has 0 spiro atoms. The second-order valence-corrected chi connectivity index (χ2v) is 5.57. The van der Waals surface area contributed by atoms with Crippen LogP contribution in [-0.2, 0) is 0 Å². The van der Waals surface area contributed by atoms with Gasteiger partial charge in [-0.1, -0.05) is 30.3 Å². The second kappa shape index (κ2) is 6.49. The Balaban J connectivity index is 2.31. The lowest BCUT2D eigenvalue weighted by atomic mass is 10.0. The highest BCUT2D eigenvalue weighted by atomic mass is 32.2. The molecule has 2 aromatic carbocycles. The summed E-state index contributed by atoms with van der Waals surface area (Å²) >= 11 is 1.60. The van der Waals surface area contributed by atoms with Gasteiger partial charge >= 0.3 is 0 Å². The molecule has 0 aliphatic rings. The van der Waals surface area contributed by atoms with E-state index in [1.807, 2.05) is 36.6 Å². The molecule has 0 bridgehead atoms. The summed E-state index contributed by atoms with van der Waals surface area (Å²) in [7, 11) is 0. The summed E-state index contributed by atoms with van der Waals surface area (Å²) in [5.74, 6) is 0. The summed E-state index contributed by atoms with van der Waals surface area (Å²) in [4.78, 5) is 1.01. The fourth-order valence-electron chi connectivity index (χ4n) is 2.32. The van der Waals surface area contributed by atoms with Crippen LogP contribution >= 0.6 is 11.8 Å². The van der Waals surface area contributed by atoms with Crippen LogP contribution in [0.5, 0.6) is 0 Å². The number of nitriles is 1. The Morgan fingerprint density at radius 2 is 1.90 bits per heavy atom. The summed E-state index contributed by atoms with van der Waals surface area (Å²) < 4.78 is 0. The van der Waals surface area contributed by atoms with Gasteiger partial charge in [0.25, 0.3) is 0 Å². The highest BCUT2D eigenvalue weighted by Crippen LogP contribution is 2.29. The topological polar surface area (TPSA) is 35.8 Å². The van der Waals surface area contributed by atoms with Crippen molar-refractivity contribution < 1.29 is 0 Å². The minimum atomic E-state index is 0.167. The highest BCUT2D eigenvalue weighted by Gasteiger charge is 2.12. The van der Waals surface area contributed by atoms with E-state index in [4.69, 9.17) is 0 Å². The van der Waals surface area contributed by atoms with Crippen molar-refractivity contribution in [3.05, 3.63) is 59.2 Å². The Morgan fingerprint density at radius 1 is 1.15 bits per heavy atom. The Hall–Kier alpha value is -1.92. The van der Waals surface area contributed by atoms with E-state index < -0.39 is 0 Å². The predicted octanol–water partition coefficient (Wildman–Crippen LogP) is 4.76. The first-order chi connectivity index (χ1) is 9.67. The predicted molar refractivity (Wildman–Crippen MR) is 86.2 cm³/mol. The van der Waals surface area contributed by atoms with Crippen LogP contribution in [0, 0.1) is 18.3 Å². The maximum absolute atomic E-state index is 9.37. The first-order valence-electron chi connectivity index (χ1n) is 6.56. The number of hydrogen-bond acceptors (Lipinski definition) is 3. The Bertz CT molecular complexity index is 644. The van der Waals surface area contributed by atoms with E-state index >= 15 is 0 Å². The average molecular weight is 282 g/mol. The Morgan fingerprint density at radius 3 is 2.55 bits per heavy atom. The van der Waals surface area contributed by atoms with E-state index in [0.29, 0.717) is 0 Å². The highest BCUT2D eigenvalue weighted by molar-refractivity contribution is 7.98. The number of hydrogen-bond donors (Lipinski definition) is 1. The molecule has 1 unspecified atom stereocenters. The zero-order valence-electron chi connectivity index (χ0n) is 12.0. The molecule has 3 heteroatoms. The zero-order valence-corrected chi connectivity index (χ0v) is 12.8. The molecule has 2 aromatic rings. The summed E-state index contributed by atoms with van der Waals surface area (Å²) in [6.07, 6.45) is 1.99. The van der Waals surface area contributed by atoms with E-state index in [-0.39, 0.29) is 6.04 Å². The second-order valence-electron chi connectivity index (χ2n) is 4.72. The molecule has 0 saturated carbocycles. The number of thioether (sulfide) groups is 1. The standard InChI is InChI=1S/C17H18N2S/c1-12-7-4-5-8-14(12)13(2)19-16-9-6-10-17(20-3)15(16)11-18/h4-10,13,19H,1-3H3. The van der Waals surface area contributed by atoms with Gasteiger partial charge in [0.2, 0.25) is 0 Å². The van der Waals surface area contributed by atoms with Crippen LogP contribution in [-0.4, -0.2) is 6.26 Å². The lowest BCUT2D eigenvalue weighted by molar-refractivity contribution is 0.872. The van der Waals surface area contributed by atoms with Crippen molar-refractivity contribution >= 4 is 17.4 Å². The van der Waals surface area contributed by atoms with Gasteiger partial charge in [-0.2, -0.15) is 5.26 Å². The molecule has 2 nitrogen and oxygen atoms in total. The third kappa shape index (κ3) is 2.97. The molecule has 102 valence electrons. The maximum Gasteiger partial charge on any atom is 0.102 e. The van der Waals surface area contributed by atoms with Crippen LogP contribution < -0.4 is 5.32 Å². The van der Waals surface area contributed by atoms with Gasteiger partial charge in [0, 0.05) is 10.9 Å². The van der Waals surface area contributed by atoms with E-state index in [9.17, 15) is 5.26 Å². The van der Waals surface area contributed by atoms with Crippen LogP contribution in [0.1, 0.15) is 29.7 Å². The lowest BCUT2D eigenvalue weighted by Gasteiger charge is -2.19. The lowest BCUT2D eigenvalue weighted by Crippen LogP contribution is -2.09. The van der Waals surface area contributed by atoms with Crippen molar-refractivity contribution in [2.75, 3.05) is 11.6 Å². The van der Waals surface area contributed by atoms with E-state index in [1.165, 1.54) is 11.1 Å². The molecule has 0 fully saturated rings. The molecule has 20 heavy (non-hydrogen) atoms. The number of nitrogens with one attached hydrogen (secondary N) is 1.